The molecule has 0 saturated carbocycles. The fourth-order valence-electron chi connectivity index (χ4n) is 1.57. The van der Waals surface area contributed by atoms with Crippen molar-refractivity contribution in [2.45, 2.75) is 0 Å². The van der Waals surface area contributed by atoms with Gasteiger partial charge < -0.3 is 5.73 Å². The number of pyridine rings is 1. The maximum Gasteiger partial charge on any atom is 0.163 e. The Morgan fingerprint density at radius 2 is 2.00 bits per heavy atom. The van der Waals surface area contributed by atoms with E-state index in [1.807, 2.05) is 24.4 Å². The lowest BCUT2D eigenvalue weighted by atomic mass is 10.2. The lowest BCUT2D eigenvalue weighted by Gasteiger charge is -2.03. The van der Waals surface area contributed by atoms with Gasteiger partial charge in [-0.3, -0.25) is 0 Å². The fraction of sp³-hybridized carbons (Fsp3) is 0. The first-order chi connectivity index (χ1) is 8.83. The Bertz CT molecular complexity index is 645. The fourth-order valence-corrected chi connectivity index (χ4v) is 1.57. The molecule has 0 unspecified atom stereocenters. The van der Waals surface area contributed by atoms with Gasteiger partial charge in [0.05, 0.1) is 0 Å². The minimum atomic E-state index is 0.441. The van der Waals surface area contributed by atoms with Crippen molar-refractivity contribution in [3.05, 3.63) is 49.1 Å². The predicted molar refractivity (Wildman–Crippen MR) is 66.8 cm³/mol. The minimum absolute atomic E-state index is 0.441. The van der Waals surface area contributed by atoms with Crippen LogP contribution in [0.5, 0.6) is 0 Å². The van der Waals surface area contributed by atoms with Crippen molar-refractivity contribution < 1.29 is 0 Å². The van der Waals surface area contributed by atoms with E-state index < -0.39 is 0 Å². The monoisotopic (exact) mass is 238 g/mol. The number of nitrogens with two attached hydrogens (primary N) is 1. The highest BCUT2D eigenvalue weighted by Gasteiger charge is 2.03. The molecule has 0 aromatic carbocycles. The number of anilines is 1. The Hall–Kier alpha value is -2.76. The van der Waals surface area contributed by atoms with Gasteiger partial charge in [-0.15, -0.1) is 0 Å². The summed E-state index contributed by atoms with van der Waals surface area (Å²) in [5.41, 5.74) is 6.44. The zero-order valence-corrected chi connectivity index (χ0v) is 9.43. The molecule has 88 valence electrons. The maximum absolute atomic E-state index is 5.62. The Morgan fingerprint density at radius 3 is 2.67 bits per heavy atom. The van der Waals surface area contributed by atoms with Crippen LogP contribution in [0.3, 0.4) is 0 Å². The van der Waals surface area contributed by atoms with Crippen molar-refractivity contribution in [2.75, 3.05) is 5.73 Å². The summed E-state index contributed by atoms with van der Waals surface area (Å²) in [4.78, 5) is 12.6. The molecule has 0 amide bonds. The first kappa shape index (κ1) is 10.4. The van der Waals surface area contributed by atoms with E-state index >= 15 is 0 Å². The van der Waals surface area contributed by atoms with Gasteiger partial charge in [0, 0.05) is 30.4 Å². The third-order valence-corrected chi connectivity index (χ3v) is 2.42. The number of hydrogen-bond donors (Lipinski definition) is 1. The van der Waals surface area contributed by atoms with Gasteiger partial charge in [0.2, 0.25) is 0 Å². The summed E-state index contributed by atoms with van der Waals surface area (Å²) < 4.78 is 1.68. The van der Waals surface area contributed by atoms with Gasteiger partial charge in [-0.25, -0.2) is 19.6 Å². The van der Waals surface area contributed by atoms with Crippen molar-refractivity contribution in [1.82, 2.24) is 24.7 Å². The molecule has 3 aromatic heterocycles. The summed E-state index contributed by atoms with van der Waals surface area (Å²) >= 11 is 0. The van der Waals surface area contributed by atoms with Crippen molar-refractivity contribution in [3.63, 3.8) is 0 Å². The molecule has 0 aliphatic carbocycles. The van der Waals surface area contributed by atoms with Gasteiger partial charge in [-0.2, -0.15) is 5.10 Å². The van der Waals surface area contributed by atoms with Crippen LogP contribution in [-0.4, -0.2) is 24.7 Å². The van der Waals surface area contributed by atoms with Crippen LogP contribution in [0, 0.1) is 0 Å². The van der Waals surface area contributed by atoms with Crippen molar-refractivity contribution in [1.29, 1.82) is 0 Å². The van der Waals surface area contributed by atoms with Crippen LogP contribution >= 0.6 is 0 Å². The van der Waals surface area contributed by atoms with Crippen LogP contribution in [0.2, 0.25) is 0 Å². The molecule has 6 nitrogen and oxygen atoms in total. The van der Waals surface area contributed by atoms with E-state index in [4.69, 9.17) is 5.73 Å². The Balaban J connectivity index is 1.96. The van der Waals surface area contributed by atoms with Gasteiger partial charge in [0.15, 0.2) is 11.6 Å². The molecule has 0 bridgehead atoms. The molecule has 0 saturated heterocycles. The normalized spacial score (nSPS) is 10.4. The van der Waals surface area contributed by atoms with E-state index in [1.165, 1.54) is 0 Å². The molecule has 0 radical (unpaired) electrons. The smallest absolute Gasteiger partial charge is 0.163 e. The summed E-state index contributed by atoms with van der Waals surface area (Å²) in [5, 5.41) is 4.11. The van der Waals surface area contributed by atoms with Gasteiger partial charge in [-0.05, 0) is 24.3 Å². The highest BCUT2D eigenvalue weighted by molar-refractivity contribution is 5.55. The predicted octanol–water partition coefficient (Wildman–Crippen LogP) is 1.31. The quantitative estimate of drug-likeness (QED) is 0.727. The molecule has 0 fully saturated rings. The van der Waals surface area contributed by atoms with E-state index in [9.17, 15) is 0 Å². The van der Waals surface area contributed by atoms with Gasteiger partial charge in [-0.1, -0.05) is 0 Å². The molecule has 3 rings (SSSR count). The zero-order valence-electron chi connectivity index (χ0n) is 9.43. The van der Waals surface area contributed by atoms with Crippen LogP contribution < -0.4 is 5.73 Å². The second kappa shape index (κ2) is 4.25. The van der Waals surface area contributed by atoms with Crippen LogP contribution in [0.4, 0.5) is 5.82 Å². The maximum atomic E-state index is 5.62. The number of nitrogen functional groups attached to an aromatic ring is 1. The molecule has 0 spiro atoms. The molecular weight excluding hydrogens is 228 g/mol. The van der Waals surface area contributed by atoms with Gasteiger partial charge >= 0.3 is 0 Å². The molecular formula is C12H10N6. The number of aromatic nitrogens is 5. The van der Waals surface area contributed by atoms with Gasteiger partial charge in [0.25, 0.3) is 0 Å². The molecule has 18 heavy (non-hydrogen) atoms. The van der Waals surface area contributed by atoms with Crippen LogP contribution in [0.15, 0.2) is 49.1 Å². The zero-order chi connectivity index (χ0) is 12.4. The second-order valence-corrected chi connectivity index (χ2v) is 3.66. The Morgan fingerprint density at radius 1 is 1.06 bits per heavy atom. The molecule has 2 N–H and O–H groups in total. The first-order valence-electron chi connectivity index (χ1n) is 5.38. The molecule has 0 aliphatic rings. The third-order valence-electron chi connectivity index (χ3n) is 2.42. The molecule has 6 heteroatoms. The van der Waals surface area contributed by atoms with Crippen LogP contribution in [-0.2, 0) is 0 Å². The largest absolute Gasteiger partial charge is 0.384 e. The number of rotatable bonds is 2. The molecule has 0 aliphatic heterocycles. The van der Waals surface area contributed by atoms with E-state index in [0.29, 0.717) is 11.6 Å². The summed E-state index contributed by atoms with van der Waals surface area (Å²) in [6.45, 7) is 0. The first-order valence-corrected chi connectivity index (χ1v) is 5.38. The molecule has 0 atom stereocenters. The lowest BCUT2D eigenvalue weighted by molar-refractivity contribution is 0.847. The standard InChI is InChI=1S/C12H10N6/c13-10-4-6-14-12(17-10)9-2-3-11(15-8-9)18-7-1-5-16-18/h1-8H,(H2,13,14,17). The molecule has 3 heterocycles. The van der Waals surface area contributed by atoms with Crippen molar-refractivity contribution in [3.8, 4) is 17.2 Å². The van der Waals surface area contributed by atoms with Gasteiger partial charge in [0.1, 0.15) is 5.82 Å². The highest BCUT2D eigenvalue weighted by Crippen LogP contribution is 2.15. The molecule has 3 aromatic rings. The van der Waals surface area contributed by atoms with Crippen LogP contribution in [0.25, 0.3) is 17.2 Å². The Kier molecular flexibility index (Phi) is 2.45. The van der Waals surface area contributed by atoms with E-state index in [1.54, 1.807) is 29.3 Å². The summed E-state index contributed by atoms with van der Waals surface area (Å²) in [7, 11) is 0. The average molecular weight is 238 g/mol. The third kappa shape index (κ3) is 1.91. The SMILES string of the molecule is Nc1ccnc(-c2ccc(-n3cccn3)nc2)n1. The Labute approximate surface area is 103 Å². The topological polar surface area (TPSA) is 82.5 Å². The van der Waals surface area contributed by atoms with Crippen molar-refractivity contribution in [2.24, 2.45) is 0 Å². The number of nitrogens with zero attached hydrogens (tertiary/aromatic N) is 5. The minimum Gasteiger partial charge on any atom is -0.384 e. The summed E-state index contributed by atoms with van der Waals surface area (Å²) in [6.07, 6.45) is 6.86. The van der Waals surface area contributed by atoms with Crippen LogP contribution in [0.1, 0.15) is 0 Å². The summed E-state index contributed by atoms with van der Waals surface area (Å²) in [5.74, 6) is 1.75. The number of hydrogen-bond acceptors (Lipinski definition) is 5. The van der Waals surface area contributed by atoms with Crippen molar-refractivity contribution >= 4 is 5.82 Å². The lowest BCUT2D eigenvalue weighted by Crippen LogP contribution is -1.99. The van der Waals surface area contributed by atoms with E-state index in [0.717, 1.165) is 11.4 Å². The average Bonchev–Trinajstić information content (AvgIpc) is 2.93. The van der Waals surface area contributed by atoms with E-state index in [2.05, 4.69) is 20.1 Å². The summed E-state index contributed by atoms with van der Waals surface area (Å²) in [6, 6.07) is 7.24. The van der Waals surface area contributed by atoms with E-state index in [-0.39, 0.29) is 0 Å². The second-order valence-electron chi connectivity index (χ2n) is 3.66. The highest BCUT2D eigenvalue weighted by atomic mass is 15.3.